The first-order valence-corrected chi connectivity index (χ1v) is 7.27. The Morgan fingerprint density at radius 3 is 2.63 bits per heavy atom. The first kappa shape index (κ1) is 16.0. The van der Waals surface area contributed by atoms with Crippen molar-refractivity contribution < 1.29 is 9.13 Å². The van der Waals surface area contributed by atoms with Crippen LogP contribution < -0.4 is 10.1 Å². The molecule has 0 amide bonds. The van der Waals surface area contributed by atoms with E-state index >= 15 is 0 Å². The van der Waals surface area contributed by atoms with Gasteiger partial charge in [-0.05, 0) is 56.0 Å². The number of hydrogen-bond acceptors (Lipinski definition) is 2. The molecule has 3 heteroatoms. The third kappa shape index (κ3) is 5.60. The normalized spacial score (nSPS) is 12.4. The van der Waals surface area contributed by atoms with Gasteiger partial charge >= 0.3 is 0 Å². The highest BCUT2D eigenvalue weighted by Gasteiger charge is 2.10. The van der Waals surface area contributed by atoms with E-state index in [0.29, 0.717) is 6.04 Å². The van der Waals surface area contributed by atoms with Crippen molar-refractivity contribution in [3.05, 3.63) is 29.6 Å². The SMILES string of the molecule is CCCNC(CCC)CCc1cc(F)ccc1OC. The first-order valence-electron chi connectivity index (χ1n) is 7.27. The standard InChI is InChI=1S/C16H26FNO/c1-4-6-15(18-11-5-2)9-7-13-12-14(17)8-10-16(13)19-3/h8,10,12,15,18H,4-7,9,11H2,1-3H3. The van der Waals surface area contributed by atoms with Gasteiger partial charge < -0.3 is 10.1 Å². The summed E-state index contributed by atoms with van der Waals surface area (Å²) in [6, 6.07) is 5.25. The quantitative estimate of drug-likeness (QED) is 0.732. The highest BCUT2D eigenvalue weighted by atomic mass is 19.1. The molecule has 0 fully saturated rings. The Bertz CT molecular complexity index is 368. The molecule has 0 aliphatic heterocycles. The van der Waals surface area contributed by atoms with Crippen molar-refractivity contribution in [1.82, 2.24) is 5.32 Å². The largest absolute Gasteiger partial charge is 0.496 e. The van der Waals surface area contributed by atoms with Crippen LogP contribution in [-0.4, -0.2) is 19.7 Å². The molecule has 1 aromatic rings. The van der Waals surface area contributed by atoms with Crippen LogP contribution in [0.5, 0.6) is 5.75 Å². The van der Waals surface area contributed by atoms with Gasteiger partial charge in [0.25, 0.3) is 0 Å². The topological polar surface area (TPSA) is 21.3 Å². The molecule has 0 saturated heterocycles. The Balaban J connectivity index is 2.59. The summed E-state index contributed by atoms with van der Waals surface area (Å²) in [6.45, 7) is 5.42. The van der Waals surface area contributed by atoms with Crippen LogP contribution in [0.4, 0.5) is 4.39 Å². The second kappa shape index (κ2) is 8.92. The zero-order valence-corrected chi connectivity index (χ0v) is 12.3. The summed E-state index contributed by atoms with van der Waals surface area (Å²) in [7, 11) is 1.63. The lowest BCUT2D eigenvalue weighted by atomic mass is 10.0. The van der Waals surface area contributed by atoms with Gasteiger partial charge in [-0.1, -0.05) is 20.3 Å². The second-order valence-corrected chi connectivity index (χ2v) is 4.93. The van der Waals surface area contributed by atoms with E-state index in [1.165, 1.54) is 12.5 Å². The number of hydrogen-bond donors (Lipinski definition) is 1. The van der Waals surface area contributed by atoms with Crippen LogP contribution >= 0.6 is 0 Å². The van der Waals surface area contributed by atoms with Crippen molar-refractivity contribution in [2.45, 2.75) is 52.0 Å². The van der Waals surface area contributed by atoms with Crippen molar-refractivity contribution in [2.24, 2.45) is 0 Å². The van der Waals surface area contributed by atoms with Crippen LogP contribution in [0.25, 0.3) is 0 Å². The van der Waals surface area contributed by atoms with E-state index in [0.717, 1.165) is 43.5 Å². The Labute approximate surface area is 116 Å². The number of nitrogens with one attached hydrogen (secondary N) is 1. The van der Waals surface area contributed by atoms with Gasteiger partial charge in [-0.3, -0.25) is 0 Å². The Hall–Kier alpha value is -1.09. The molecule has 0 bridgehead atoms. The Morgan fingerprint density at radius 1 is 1.21 bits per heavy atom. The highest BCUT2D eigenvalue weighted by Crippen LogP contribution is 2.21. The average molecular weight is 267 g/mol. The Kier molecular flexibility index (Phi) is 7.49. The highest BCUT2D eigenvalue weighted by molar-refractivity contribution is 5.34. The molecule has 1 atom stereocenters. The molecule has 1 N–H and O–H groups in total. The van der Waals surface area contributed by atoms with Crippen LogP contribution in [0.15, 0.2) is 18.2 Å². The summed E-state index contributed by atoms with van der Waals surface area (Å²) in [5.41, 5.74) is 0.960. The Morgan fingerprint density at radius 2 is 2.00 bits per heavy atom. The summed E-state index contributed by atoms with van der Waals surface area (Å²) in [4.78, 5) is 0. The van der Waals surface area contributed by atoms with Gasteiger partial charge in [0.05, 0.1) is 7.11 Å². The molecule has 0 aliphatic rings. The average Bonchev–Trinajstić information content (AvgIpc) is 2.42. The van der Waals surface area contributed by atoms with Crippen LogP contribution in [0.3, 0.4) is 0 Å². The van der Waals surface area contributed by atoms with Crippen LogP contribution in [-0.2, 0) is 6.42 Å². The zero-order chi connectivity index (χ0) is 14.1. The third-order valence-electron chi connectivity index (χ3n) is 3.32. The molecule has 1 aromatic carbocycles. The molecular formula is C16H26FNO. The summed E-state index contributed by atoms with van der Waals surface area (Å²) < 4.78 is 18.6. The number of halogens is 1. The van der Waals surface area contributed by atoms with Crippen LogP contribution in [0, 0.1) is 5.82 Å². The van der Waals surface area contributed by atoms with Crippen molar-refractivity contribution in [3.63, 3.8) is 0 Å². The van der Waals surface area contributed by atoms with E-state index in [1.807, 2.05) is 0 Å². The first-order chi connectivity index (χ1) is 9.21. The van der Waals surface area contributed by atoms with E-state index in [9.17, 15) is 4.39 Å². The van der Waals surface area contributed by atoms with Crippen molar-refractivity contribution in [3.8, 4) is 5.75 Å². The minimum Gasteiger partial charge on any atom is -0.496 e. The molecule has 0 radical (unpaired) electrons. The molecular weight excluding hydrogens is 241 g/mol. The predicted octanol–water partition coefficient (Wildman–Crippen LogP) is 3.94. The third-order valence-corrected chi connectivity index (χ3v) is 3.32. The molecule has 0 saturated carbocycles. The smallest absolute Gasteiger partial charge is 0.123 e. The predicted molar refractivity (Wildman–Crippen MR) is 78.3 cm³/mol. The van der Waals surface area contributed by atoms with Gasteiger partial charge in [-0.25, -0.2) is 4.39 Å². The molecule has 1 unspecified atom stereocenters. The van der Waals surface area contributed by atoms with Crippen LogP contribution in [0.2, 0.25) is 0 Å². The van der Waals surface area contributed by atoms with Crippen molar-refractivity contribution in [1.29, 1.82) is 0 Å². The molecule has 2 nitrogen and oxygen atoms in total. The van der Waals surface area contributed by atoms with Gasteiger partial charge in [-0.2, -0.15) is 0 Å². The van der Waals surface area contributed by atoms with E-state index in [2.05, 4.69) is 19.2 Å². The monoisotopic (exact) mass is 267 g/mol. The minimum atomic E-state index is -0.190. The van der Waals surface area contributed by atoms with E-state index in [-0.39, 0.29) is 5.82 Å². The van der Waals surface area contributed by atoms with Gasteiger partial charge in [0, 0.05) is 6.04 Å². The van der Waals surface area contributed by atoms with Gasteiger partial charge in [-0.15, -0.1) is 0 Å². The summed E-state index contributed by atoms with van der Waals surface area (Å²) in [6.07, 6.45) is 5.35. The lowest BCUT2D eigenvalue weighted by Crippen LogP contribution is -2.30. The van der Waals surface area contributed by atoms with Gasteiger partial charge in [0.15, 0.2) is 0 Å². The number of rotatable bonds is 9. The van der Waals surface area contributed by atoms with E-state index in [4.69, 9.17) is 4.74 Å². The molecule has 19 heavy (non-hydrogen) atoms. The molecule has 108 valence electrons. The second-order valence-electron chi connectivity index (χ2n) is 4.93. The summed E-state index contributed by atoms with van der Waals surface area (Å²) in [5, 5.41) is 3.56. The van der Waals surface area contributed by atoms with Gasteiger partial charge in [0.1, 0.15) is 11.6 Å². The fraction of sp³-hybridized carbons (Fsp3) is 0.625. The molecule has 0 aliphatic carbocycles. The van der Waals surface area contributed by atoms with E-state index < -0.39 is 0 Å². The fourth-order valence-electron chi connectivity index (χ4n) is 2.32. The lowest BCUT2D eigenvalue weighted by Gasteiger charge is -2.18. The molecule has 0 heterocycles. The summed E-state index contributed by atoms with van der Waals surface area (Å²) in [5.74, 6) is 0.594. The van der Waals surface area contributed by atoms with Crippen molar-refractivity contribution in [2.75, 3.05) is 13.7 Å². The minimum absolute atomic E-state index is 0.190. The number of benzene rings is 1. The molecule has 0 spiro atoms. The maximum Gasteiger partial charge on any atom is 0.123 e. The maximum absolute atomic E-state index is 13.3. The summed E-state index contributed by atoms with van der Waals surface area (Å²) >= 11 is 0. The zero-order valence-electron chi connectivity index (χ0n) is 12.3. The molecule has 1 rings (SSSR count). The fourth-order valence-corrected chi connectivity index (χ4v) is 2.32. The number of ether oxygens (including phenoxy) is 1. The lowest BCUT2D eigenvalue weighted by molar-refractivity contribution is 0.402. The number of aryl methyl sites for hydroxylation is 1. The van der Waals surface area contributed by atoms with Crippen molar-refractivity contribution >= 4 is 0 Å². The van der Waals surface area contributed by atoms with Crippen LogP contribution in [0.1, 0.15) is 45.1 Å². The maximum atomic E-state index is 13.3. The van der Waals surface area contributed by atoms with Gasteiger partial charge in [0.2, 0.25) is 0 Å². The number of methoxy groups -OCH3 is 1. The molecule has 0 aromatic heterocycles. The van der Waals surface area contributed by atoms with E-state index in [1.54, 1.807) is 19.2 Å².